The van der Waals surface area contributed by atoms with Gasteiger partial charge in [0.25, 0.3) is 0 Å². The molecule has 0 aliphatic rings. The molecule has 0 radical (unpaired) electrons. The zero-order valence-corrected chi connectivity index (χ0v) is 10.3. The second-order valence-electron chi connectivity index (χ2n) is 4.11. The minimum Gasteiger partial charge on any atom is -0.488 e. The zero-order chi connectivity index (χ0) is 13.8. The number of ketones is 1. The normalized spacial score (nSPS) is 10.3. The van der Waals surface area contributed by atoms with E-state index in [4.69, 9.17) is 4.74 Å². The fourth-order valence-electron chi connectivity index (χ4n) is 1.64. The van der Waals surface area contributed by atoms with Crippen LogP contribution in [0.2, 0.25) is 0 Å². The Balaban J connectivity index is 2.15. The SMILES string of the molecule is CC(=O)c1cc(F)ccc1OCc1ccc(F)cc1. The molecule has 2 nitrogen and oxygen atoms in total. The van der Waals surface area contributed by atoms with Crippen LogP contribution < -0.4 is 4.74 Å². The summed E-state index contributed by atoms with van der Waals surface area (Å²) in [5, 5.41) is 0. The van der Waals surface area contributed by atoms with Crippen molar-refractivity contribution in [3.8, 4) is 5.75 Å². The molecule has 0 aromatic heterocycles. The van der Waals surface area contributed by atoms with Gasteiger partial charge in [-0.05, 0) is 42.8 Å². The van der Waals surface area contributed by atoms with Gasteiger partial charge in [-0.25, -0.2) is 8.78 Å². The van der Waals surface area contributed by atoms with Crippen LogP contribution in [-0.4, -0.2) is 5.78 Å². The Labute approximate surface area is 109 Å². The molecule has 0 amide bonds. The van der Waals surface area contributed by atoms with E-state index in [1.807, 2.05) is 0 Å². The Bertz CT molecular complexity index is 592. The molecule has 0 N–H and O–H groups in total. The average molecular weight is 262 g/mol. The number of Topliss-reactive ketones (excluding diaryl/α,β-unsaturated/α-hetero) is 1. The summed E-state index contributed by atoms with van der Waals surface area (Å²) in [6.45, 7) is 1.53. The molecule has 4 heteroatoms. The Kier molecular flexibility index (Phi) is 3.90. The van der Waals surface area contributed by atoms with E-state index >= 15 is 0 Å². The van der Waals surface area contributed by atoms with Crippen LogP contribution >= 0.6 is 0 Å². The van der Waals surface area contributed by atoms with Crippen molar-refractivity contribution in [2.24, 2.45) is 0 Å². The van der Waals surface area contributed by atoms with Gasteiger partial charge in [-0.3, -0.25) is 4.79 Å². The van der Waals surface area contributed by atoms with Gasteiger partial charge in [-0.2, -0.15) is 0 Å². The molecule has 0 aliphatic heterocycles. The summed E-state index contributed by atoms with van der Waals surface area (Å²) in [4.78, 5) is 11.4. The summed E-state index contributed by atoms with van der Waals surface area (Å²) >= 11 is 0. The minimum absolute atomic E-state index is 0.187. The molecule has 2 aromatic rings. The van der Waals surface area contributed by atoms with E-state index in [2.05, 4.69) is 0 Å². The Morgan fingerprint density at radius 3 is 2.32 bits per heavy atom. The molecule has 2 rings (SSSR count). The van der Waals surface area contributed by atoms with E-state index in [0.29, 0.717) is 5.75 Å². The maximum atomic E-state index is 13.1. The van der Waals surface area contributed by atoms with E-state index in [9.17, 15) is 13.6 Å². The van der Waals surface area contributed by atoms with E-state index in [1.54, 1.807) is 12.1 Å². The van der Waals surface area contributed by atoms with Crippen molar-refractivity contribution in [3.05, 3.63) is 65.2 Å². The van der Waals surface area contributed by atoms with Crippen molar-refractivity contribution in [2.75, 3.05) is 0 Å². The summed E-state index contributed by atoms with van der Waals surface area (Å²) < 4.78 is 31.3. The number of benzene rings is 2. The number of carbonyl (C=O) groups excluding carboxylic acids is 1. The first-order valence-corrected chi connectivity index (χ1v) is 5.74. The second kappa shape index (κ2) is 5.61. The van der Waals surface area contributed by atoms with Gasteiger partial charge in [0.1, 0.15) is 24.0 Å². The predicted octanol–water partition coefficient (Wildman–Crippen LogP) is 3.75. The third-order valence-electron chi connectivity index (χ3n) is 2.63. The molecular weight excluding hydrogens is 250 g/mol. The van der Waals surface area contributed by atoms with Gasteiger partial charge in [0.2, 0.25) is 0 Å². The van der Waals surface area contributed by atoms with Crippen LogP contribution in [0.15, 0.2) is 42.5 Å². The highest BCUT2D eigenvalue weighted by Gasteiger charge is 2.10. The van der Waals surface area contributed by atoms with Gasteiger partial charge in [0.05, 0.1) is 5.56 Å². The molecule has 0 saturated heterocycles. The lowest BCUT2D eigenvalue weighted by Gasteiger charge is -2.10. The highest BCUT2D eigenvalue weighted by Crippen LogP contribution is 2.21. The topological polar surface area (TPSA) is 26.3 Å². The third-order valence-corrected chi connectivity index (χ3v) is 2.63. The fraction of sp³-hybridized carbons (Fsp3) is 0.133. The number of hydrogen-bond donors (Lipinski definition) is 0. The first-order valence-electron chi connectivity index (χ1n) is 5.74. The maximum Gasteiger partial charge on any atom is 0.163 e. The first-order chi connectivity index (χ1) is 9.06. The van der Waals surface area contributed by atoms with Crippen LogP contribution in [0.1, 0.15) is 22.8 Å². The van der Waals surface area contributed by atoms with E-state index in [1.165, 1.54) is 31.2 Å². The standard InChI is InChI=1S/C15H12F2O2/c1-10(18)14-8-13(17)6-7-15(14)19-9-11-2-4-12(16)5-3-11/h2-8H,9H2,1H3. The molecule has 0 bridgehead atoms. The van der Waals surface area contributed by atoms with Gasteiger partial charge in [-0.15, -0.1) is 0 Å². The first kappa shape index (κ1) is 13.2. The number of hydrogen-bond acceptors (Lipinski definition) is 2. The predicted molar refractivity (Wildman–Crippen MR) is 67.1 cm³/mol. The monoisotopic (exact) mass is 262 g/mol. The van der Waals surface area contributed by atoms with Crippen molar-refractivity contribution < 1.29 is 18.3 Å². The molecule has 98 valence electrons. The minimum atomic E-state index is -0.487. The van der Waals surface area contributed by atoms with Crippen LogP contribution in [0.5, 0.6) is 5.75 Å². The van der Waals surface area contributed by atoms with E-state index < -0.39 is 5.82 Å². The summed E-state index contributed by atoms with van der Waals surface area (Å²) in [5.74, 6) is -0.763. The highest BCUT2D eigenvalue weighted by atomic mass is 19.1. The van der Waals surface area contributed by atoms with Crippen molar-refractivity contribution in [1.29, 1.82) is 0 Å². The molecular formula is C15H12F2O2. The lowest BCUT2D eigenvalue weighted by molar-refractivity contribution is 0.101. The van der Waals surface area contributed by atoms with Gasteiger partial charge in [0, 0.05) is 0 Å². The molecule has 0 unspecified atom stereocenters. The van der Waals surface area contributed by atoms with E-state index in [0.717, 1.165) is 11.6 Å². The molecule has 0 fully saturated rings. The van der Waals surface area contributed by atoms with Crippen molar-refractivity contribution in [3.63, 3.8) is 0 Å². The zero-order valence-electron chi connectivity index (χ0n) is 10.3. The number of ether oxygens (including phenoxy) is 1. The second-order valence-corrected chi connectivity index (χ2v) is 4.11. The summed E-state index contributed by atoms with van der Waals surface area (Å²) in [6, 6.07) is 9.62. The van der Waals surface area contributed by atoms with Crippen molar-refractivity contribution in [2.45, 2.75) is 13.5 Å². The van der Waals surface area contributed by atoms with Crippen LogP contribution in [0.3, 0.4) is 0 Å². The Morgan fingerprint density at radius 2 is 1.68 bits per heavy atom. The number of carbonyl (C=O) groups is 1. The largest absolute Gasteiger partial charge is 0.488 e. The lowest BCUT2D eigenvalue weighted by atomic mass is 10.1. The van der Waals surface area contributed by atoms with Crippen molar-refractivity contribution in [1.82, 2.24) is 0 Å². The molecule has 0 spiro atoms. The van der Waals surface area contributed by atoms with E-state index in [-0.39, 0.29) is 23.8 Å². The quantitative estimate of drug-likeness (QED) is 0.784. The molecule has 19 heavy (non-hydrogen) atoms. The van der Waals surface area contributed by atoms with Crippen LogP contribution in [0.25, 0.3) is 0 Å². The van der Waals surface area contributed by atoms with Crippen LogP contribution in [0, 0.1) is 11.6 Å². The smallest absolute Gasteiger partial charge is 0.163 e. The molecule has 0 heterocycles. The number of rotatable bonds is 4. The number of halogens is 2. The van der Waals surface area contributed by atoms with Gasteiger partial charge in [-0.1, -0.05) is 12.1 Å². The van der Waals surface area contributed by atoms with Gasteiger partial charge < -0.3 is 4.74 Å². The fourth-order valence-corrected chi connectivity index (χ4v) is 1.64. The molecule has 0 aliphatic carbocycles. The molecule has 0 saturated carbocycles. The summed E-state index contributed by atoms with van der Waals surface area (Å²) in [5.41, 5.74) is 0.960. The van der Waals surface area contributed by atoms with Crippen LogP contribution in [0.4, 0.5) is 8.78 Å². The van der Waals surface area contributed by atoms with Gasteiger partial charge >= 0.3 is 0 Å². The van der Waals surface area contributed by atoms with Crippen molar-refractivity contribution >= 4 is 5.78 Å². The summed E-state index contributed by atoms with van der Waals surface area (Å²) in [7, 11) is 0. The average Bonchev–Trinajstić information content (AvgIpc) is 2.39. The third kappa shape index (κ3) is 3.37. The van der Waals surface area contributed by atoms with Crippen LogP contribution in [-0.2, 0) is 6.61 Å². The lowest BCUT2D eigenvalue weighted by Crippen LogP contribution is -2.02. The van der Waals surface area contributed by atoms with Gasteiger partial charge in [0.15, 0.2) is 5.78 Å². The highest BCUT2D eigenvalue weighted by molar-refractivity contribution is 5.96. The Morgan fingerprint density at radius 1 is 1.05 bits per heavy atom. The maximum absolute atomic E-state index is 13.1. The Hall–Kier alpha value is -2.23. The molecule has 2 aromatic carbocycles. The molecule has 0 atom stereocenters. The summed E-state index contributed by atoms with van der Waals surface area (Å²) in [6.07, 6.45) is 0.